The highest BCUT2D eigenvalue weighted by Crippen LogP contribution is 2.46. The SMILES string of the molecule is CC1OC2(OCc3ccc(Cc4cc5ccccc5s4)cc32)C(O)C(O)C1O. The minimum atomic E-state index is -1.44. The molecule has 3 heterocycles. The molecule has 5 unspecified atom stereocenters. The van der Waals surface area contributed by atoms with Gasteiger partial charge in [-0.25, -0.2) is 0 Å². The number of hydrogen-bond acceptors (Lipinski definition) is 6. The standard InChI is InChI=1S/C22H22O5S/c1-12-19(23)20(24)21(25)22(27-12)17-9-13(6-7-15(17)11-26-22)8-16-10-14-4-2-3-5-18(14)28-16/h2-7,9-10,12,19-21,23-25H,8,11H2,1H3. The molecule has 5 atom stereocenters. The molecule has 3 N–H and O–H groups in total. The van der Waals surface area contributed by atoms with Gasteiger partial charge in [-0.1, -0.05) is 30.3 Å². The van der Waals surface area contributed by atoms with Gasteiger partial charge < -0.3 is 24.8 Å². The average molecular weight is 398 g/mol. The van der Waals surface area contributed by atoms with E-state index in [2.05, 4.69) is 24.3 Å². The van der Waals surface area contributed by atoms with Gasteiger partial charge in [0.05, 0.1) is 12.7 Å². The van der Waals surface area contributed by atoms with Crippen LogP contribution in [-0.4, -0.2) is 39.7 Å². The van der Waals surface area contributed by atoms with Crippen LogP contribution in [0.2, 0.25) is 0 Å². The Kier molecular flexibility index (Phi) is 4.32. The van der Waals surface area contributed by atoms with Crippen LogP contribution in [-0.2, 0) is 28.3 Å². The number of hydrogen-bond donors (Lipinski definition) is 3. The number of thiophene rings is 1. The van der Waals surface area contributed by atoms with Crippen molar-refractivity contribution in [3.05, 3.63) is 70.1 Å². The molecule has 1 spiro atoms. The fraction of sp³-hybridized carbons (Fsp3) is 0.364. The molecule has 2 aliphatic heterocycles. The predicted octanol–water partition coefficient (Wildman–Crippen LogP) is 2.68. The third-order valence-corrected chi connectivity index (χ3v) is 6.87. The summed E-state index contributed by atoms with van der Waals surface area (Å²) in [7, 11) is 0. The van der Waals surface area contributed by atoms with Crippen molar-refractivity contribution in [3.63, 3.8) is 0 Å². The number of aliphatic hydroxyl groups is 3. The van der Waals surface area contributed by atoms with Crippen molar-refractivity contribution >= 4 is 21.4 Å². The summed E-state index contributed by atoms with van der Waals surface area (Å²) >= 11 is 1.77. The maximum atomic E-state index is 10.7. The van der Waals surface area contributed by atoms with Gasteiger partial charge in [0.2, 0.25) is 5.79 Å². The predicted molar refractivity (Wildman–Crippen MR) is 106 cm³/mol. The van der Waals surface area contributed by atoms with Crippen molar-refractivity contribution in [2.24, 2.45) is 0 Å². The quantitative estimate of drug-likeness (QED) is 0.619. The molecule has 6 heteroatoms. The van der Waals surface area contributed by atoms with E-state index in [-0.39, 0.29) is 0 Å². The van der Waals surface area contributed by atoms with Crippen LogP contribution in [0.15, 0.2) is 48.5 Å². The first-order chi connectivity index (χ1) is 13.5. The molecule has 2 aliphatic rings. The molecule has 146 valence electrons. The Morgan fingerprint density at radius 3 is 2.71 bits per heavy atom. The van der Waals surface area contributed by atoms with Gasteiger partial charge in [0.15, 0.2) is 0 Å². The van der Waals surface area contributed by atoms with E-state index in [1.807, 2.05) is 24.3 Å². The zero-order valence-electron chi connectivity index (χ0n) is 15.4. The Bertz CT molecular complexity index is 998. The van der Waals surface area contributed by atoms with Crippen LogP contribution in [0, 0.1) is 0 Å². The van der Waals surface area contributed by atoms with Gasteiger partial charge >= 0.3 is 0 Å². The number of benzene rings is 2. The molecule has 0 radical (unpaired) electrons. The second-order valence-corrected chi connectivity index (χ2v) is 8.79. The van der Waals surface area contributed by atoms with Gasteiger partial charge in [-0.3, -0.25) is 0 Å². The smallest absolute Gasteiger partial charge is 0.225 e. The van der Waals surface area contributed by atoms with Gasteiger partial charge in [0.25, 0.3) is 0 Å². The Morgan fingerprint density at radius 1 is 1.07 bits per heavy atom. The lowest BCUT2D eigenvalue weighted by molar-refractivity contribution is -0.362. The van der Waals surface area contributed by atoms with Crippen molar-refractivity contribution < 1.29 is 24.8 Å². The number of rotatable bonds is 2. The zero-order chi connectivity index (χ0) is 19.5. The lowest BCUT2D eigenvalue weighted by Crippen LogP contribution is -2.62. The first kappa shape index (κ1) is 18.2. The van der Waals surface area contributed by atoms with E-state index in [0.29, 0.717) is 6.61 Å². The Labute approximate surface area is 166 Å². The molecule has 0 aliphatic carbocycles. The first-order valence-corrected chi connectivity index (χ1v) is 10.3. The molecule has 1 fully saturated rings. The van der Waals surface area contributed by atoms with Crippen LogP contribution in [0.5, 0.6) is 0 Å². The lowest BCUT2D eigenvalue weighted by Gasteiger charge is -2.45. The summed E-state index contributed by atoms with van der Waals surface area (Å²) in [5.41, 5.74) is 2.74. The van der Waals surface area contributed by atoms with Crippen molar-refractivity contribution in [1.82, 2.24) is 0 Å². The highest BCUT2D eigenvalue weighted by molar-refractivity contribution is 7.19. The molecule has 28 heavy (non-hydrogen) atoms. The number of fused-ring (bicyclic) bond motifs is 3. The van der Waals surface area contributed by atoms with Crippen LogP contribution in [0.25, 0.3) is 10.1 Å². The Balaban J connectivity index is 1.50. The van der Waals surface area contributed by atoms with Gasteiger partial charge in [-0.05, 0) is 41.6 Å². The molecule has 0 bridgehead atoms. The topological polar surface area (TPSA) is 79.2 Å². The summed E-state index contributed by atoms with van der Waals surface area (Å²) < 4.78 is 13.1. The number of aliphatic hydroxyl groups excluding tert-OH is 3. The van der Waals surface area contributed by atoms with Crippen LogP contribution in [0.1, 0.15) is 28.5 Å². The van der Waals surface area contributed by atoms with Crippen molar-refractivity contribution in [3.8, 4) is 0 Å². The maximum absolute atomic E-state index is 10.7. The molecule has 1 aromatic heterocycles. The number of ether oxygens (including phenoxy) is 2. The van der Waals surface area contributed by atoms with Gasteiger partial charge in [-0.2, -0.15) is 0 Å². The van der Waals surface area contributed by atoms with Gasteiger partial charge in [-0.15, -0.1) is 11.3 Å². The summed E-state index contributed by atoms with van der Waals surface area (Å²) in [5, 5.41) is 32.2. The summed E-state index contributed by atoms with van der Waals surface area (Å²) in [4.78, 5) is 1.25. The van der Waals surface area contributed by atoms with Crippen molar-refractivity contribution in [2.45, 2.75) is 50.2 Å². The van der Waals surface area contributed by atoms with E-state index in [9.17, 15) is 15.3 Å². The zero-order valence-corrected chi connectivity index (χ0v) is 16.2. The van der Waals surface area contributed by atoms with Gasteiger partial charge in [0.1, 0.15) is 18.3 Å². The molecule has 5 nitrogen and oxygen atoms in total. The molecule has 0 amide bonds. The maximum Gasteiger partial charge on any atom is 0.225 e. The van der Waals surface area contributed by atoms with Crippen molar-refractivity contribution in [1.29, 1.82) is 0 Å². The van der Waals surface area contributed by atoms with E-state index in [4.69, 9.17) is 9.47 Å². The highest BCUT2D eigenvalue weighted by Gasteiger charge is 2.57. The largest absolute Gasteiger partial charge is 0.388 e. The molecular weight excluding hydrogens is 376 g/mol. The lowest BCUT2D eigenvalue weighted by atomic mass is 9.87. The van der Waals surface area contributed by atoms with E-state index in [1.165, 1.54) is 15.0 Å². The minimum Gasteiger partial charge on any atom is -0.388 e. The van der Waals surface area contributed by atoms with Gasteiger partial charge in [0, 0.05) is 21.6 Å². The first-order valence-electron chi connectivity index (χ1n) is 9.43. The second-order valence-electron chi connectivity index (χ2n) is 7.62. The molecule has 2 aromatic carbocycles. The third kappa shape index (κ3) is 2.72. The highest BCUT2D eigenvalue weighted by atomic mass is 32.1. The molecule has 3 aromatic rings. The summed E-state index contributed by atoms with van der Waals surface area (Å²) in [6.07, 6.45) is -3.74. The Morgan fingerprint density at radius 2 is 1.89 bits per heavy atom. The van der Waals surface area contributed by atoms with Crippen LogP contribution < -0.4 is 0 Å². The van der Waals surface area contributed by atoms with E-state index >= 15 is 0 Å². The second kappa shape index (κ2) is 6.62. The van der Waals surface area contributed by atoms with Crippen LogP contribution >= 0.6 is 11.3 Å². The minimum absolute atomic E-state index is 0.297. The molecular formula is C22H22O5S. The molecule has 0 saturated carbocycles. The fourth-order valence-corrected chi connectivity index (χ4v) is 5.32. The summed E-state index contributed by atoms with van der Waals surface area (Å²) in [6.45, 7) is 1.97. The monoisotopic (exact) mass is 398 g/mol. The van der Waals surface area contributed by atoms with E-state index < -0.39 is 30.2 Å². The molecule has 5 rings (SSSR count). The van der Waals surface area contributed by atoms with E-state index in [0.717, 1.165) is 23.1 Å². The summed E-state index contributed by atoms with van der Waals surface area (Å²) in [6, 6.07) is 16.6. The average Bonchev–Trinajstić information content (AvgIpc) is 3.26. The van der Waals surface area contributed by atoms with Crippen molar-refractivity contribution in [2.75, 3.05) is 0 Å². The fourth-order valence-electron chi connectivity index (χ4n) is 4.22. The van der Waals surface area contributed by atoms with E-state index in [1.54, 1.807) is 18.3 Å². The third-order valence-electron chi connectivity index (χ3n) is 5.75. The molecule has 1 saturated heterocycles. The summed E-state index contributed by atoms with van der Waals surface area (Å²) in [5.74, 6) is -1.44. The van der Waals surface area contributed by atoms with Crippen LogP contribution in [0.4, 0.5) is 0 Å². The normalized spacial score (nSPS) is 32.1. The van der Waals surface area contributed by atoms with Crippen LogP contribution in [0.3, 0.4) is 0 Å². The Hall–Kier alpha value is -1.80.